The summed E-state index contributed by atoms with van der Waals surface area (Å²) in [5.74, 6) is -0.789. The highest BCUT2D eigenvalue weighted by molar-refractivity contribution is 5.78. The van der Waals surface area contributed by atoms with Crippen LogP contribution in [0.25, 0.3) is 0 Å². The molecule has 0 spiro atoms. The molecular formula is C13H24N2O3. The Bertz CT molecular complexity index is 295. The fourth-order valence-electron chi connectivity index (χ4n) is 2.50. The zero-order valence-electron chi connectivity index (χ0n) is 11.3. The van der Waals surface area contributed by atoms with Crippen LogP contribution in [0.15, 0.2) is 0 Å². The monoisotopic (exact) mass is 256 g/mol. The van der Waals surface area contributed by atoms with E-state index in [2.05, 4.69) is 10.6 Å². The number of carbonyl (C=O) groups excluding carboxylic acids is 1. The van der Waals surface area contributed by atoms with Crippen LogP contribution in [0.3, 0.4) is 0 Å². The molecule has 0 aliphatic heterocycles. The van der Waals surface area contributed by atoms with Gasteiger partial charge in [-0.1, -0.05) is 26.7 Å². The number of hydrogen-bond donors (Lipinski definition) is 3. The highest BCUT2D eigenvalue weighted by Gasteiger charge is 2.41. The number of nitrogens with one attached hydrogen (secondary N) is 2. The van der Waals surface area contributed by atoms with E-state index in [0.717, 1.165) is 25.7 Å². The number of rotatable bonds is 6. The quantitative estimate of drug-likeness (QED) is 0.681. The summed E-state index contributed by atoms with van der Waals surface area (Å²) >= 11 is 0. The van der Waals surface area contributed by atoms with Gasteiger partial charge in [0.05, 0.1) is 5.41 Å². The number of carboxylic acids is 1. The molecule has 0 heterocycles. The number of carboxylic acid groups (broad SMARTS) is 1. The molecule has 0 atom stereocenters. The van der Waals surface area contributed by atoms with E-state index in [1.807, 2.05) is 13.8 Å². The van der Waals surface area contributed by atoms with Crippen LogP contribution in [0, 0.1) is 5.41 Å². The van der Waals surface area contributed by atoms with Crippen LogP contribution in [0.4, 0.5) is 4.79 Å². The molecule has 0 bridgehead atoms. The third kappa shape index (κ3) is 3.62. The molecule has 0 aromatic heterocycles. The number of amides is 2. The van der Waals surface area contributed by atoms with Gasteiger partial charge in [-0.3, -0.25) is 4.79 Å². The fraction of sp³-hybridized carbons (Fsp3) is 0.846. The number of carbonyl (C=O) groups is 2. The van der Waals surface area contributed by atoms with Gasteiger partial charge in [0, 0.05) is 12.6 Å². The molecule has 2 amide bonds. The summed E-state index contributed by atoms with van der Waals surface area (Å²) in [4.78, 5) is 23.0. The van der Waals surface area contributed by atoms with E-state index in [1.165, 1.54) is 0 Å². The van der Waals surface area contributed by atoms with Gasteiger partial charge >= 0.3 is 12.0 Å². The molecule has 1 fully saturated rings. The highest BCUT2D eigenvalue weighted by atomic mass is 16.4. The van der Waals surface area contributed by atoms with E-state index in [4.69, 9.17) is 0 Å². The molecule has 1 aliphatic rings. The number of hydrogen-bond acceptors (Lipinski definition) is 2. The topological polar surface area (TPSA) is 78.4 Å². The van der Waals surface area contributed by atoms with E-state index in [9.17, 15) is 14.7 Å². The molecule has 104 valence electrons. The molecule has 0 unspecified atom stereocenters. The molecule has 5 heteroatoms. The lowest BCUT2D eigenvalue weighted by Crippen LogP contribution is -2.47. The Morgan fingerprint density at radius 2 is 1.78 bits per heavy atom. The van der Waals surface area contributed by atoms with Gasteiger partial charge in [-0.15, -0.1) is 0 Å². The number of urea groups is 1. The van der Waals surface area contributed by atoms with Crippen LogP contribution in [0.1, 0.15) is 52.4 Å². The summed E-state index contributed by atoms with van der Waals surface area (Å²) in [6, 6.07) is -0.0921. The van der Waals surface area contributed by atoms with E-state index in [0.29, 0.717) is 12.8 Å². The lowest BCUT2D eigenvalue weighted by atomic mass is 9.86. The summed E-state index contributed by atoms with van der Waals surface area (Å²) in [5.41, 5.74) is -0.745. The maximum atomic E-state index is 11.7. The van der Waals surface area contributed by atoms with Crippen LogP contribution in [-0.2, 0) is 4.79 Å². The van der Waals surface area contributed by atoms with Gasteiger partial charge < -0.3 is 15.7 Å². The van der Waals surface area contributed by atoms with Gasteiger partial charge in [-0.05, 0) is 25.7 Å². The van der Waals surface area contributed by atoms with Gasteiger partial charge in [0.1, 0.15) is 0 Å². The first-order valence-corrected chi connectivity index (χ1v) is 6.82. The van der Waals surface area contributed by atoms with Crippen LogP contribution >= 0.6 is 0 Å². The van der Waals surface area contributed by atoms with E-state index >= 15 is 0 Å². The maximum absolute atomic E-state index is 11.7. The number of aliphatic carboxylic acids is 1. The van der Waals surface area contributed by atoms with Gasteiger partial charge in [0.2, 0.25) is 0 Å². The second-order valence-electron chi connectivity index (χ2n) is 5.13. The van der Waals surface area contributed by atoms with Crippen molar-refractivity contribution in [2.45, 2.75) is 58.4 Å². The van der Waals surface area contributed by atoms with Gasteiger partial charge in [0.25, 0.3) is 0 Å². The highest BCUT2D eigenvalue weighted by Crippen LogP contribution is 2.37. The molecule has 3 N–H and O–H groups in total. The standard InChI is InChI=1S/C13H24N2O3/c1-3-10(4-2)15-12(18)14-9-13(11(16)17)7-5-6-8-13/h10H,3-9H2,1-2H3,(H,16,17)(H2,14,15,18). The zero-order chi connectivity index (χ0) is 13.6. The van der Waals surface area contributed by atoms with Crippen molar-refractivity contribution in [2.24, 2.45) is 5.41 Å². The first-order valence-electron chi connectivity index (χ1n) is 6.82. The third-order valence-electron chi connectivity index (χ3n) is 3.92. The molecule has 1 aliphatic carbocycles. The average molecular weight is 256 g/mol. The van der Waals surface area contributed by atoms with E-state index in [1.54, 1.807) is 0 Å². The van der Waals surface area contributed by atoms with E-state index < -0.39 is 11.4 Å². The molecule has 5 nitrogen and oxygen atoms in total. The summed E-state index contributed by atoms with van der Waals surface area (Å²) in [6.07, 6.45) is 4.95. The van der Waals surface area contributed by atoms with Gasteiger partial charge in [-0.25, -0.2) is 4.79 Å². The van der Waals surface area contributed by atoms with Gasteiger partial charge in [-0.2, -0.15) is 0 Å². The summed E-state index contributed by atoms with van der Waals surface area (Å²) < 4.78 is 0. The van der Waals surface area contributed by atoms with Crippen molar-refractivity contribution in [3.05, 3.63) is 0 Å². The Labute approximate surface area is 108 Å². The van der Waals surface area contributed by atoms with Crippen LogP contribution in [-0.4, -0.2) is 29.7 Å². The predicted molar refractivity (Wildman–Crippen MR) is 69.4 cm³/mol. The molecule has 0 saturated heterocycles. The van der Waals surface area contributed by atoms with Gasteiger partial charge in [0.15, 0.2) is 0 Å². The zero-order valence-corrected chi connectivity index (χ0v) is 11.3. The minimum Gasteiger partial charge on any atom is -0.481 e. The van der Waals surface area contributed by atoms with Crippen molar-refractivity contribution in [1.82, 2.24) is 10.6 Å². The van der Waals surface area contributed by atoms with Crippen LogP contribution < -0.4 is 10.6 Å². The Kier molecular flexibility index (Phi) is 5.44. The lowest BCUT2D eigenvalue weighted by Gasteiger charge is -2.25. The predicted octanol–water partition coefficient (Wildman–Crippen LogP) is 2.12. The maximum Gasteiger partial charge on any atom is 0.315 e. The minimum atomic E-state index is -0.789. The lowest BCUT2D eigenvalue weighted by molar-refractivity contribution is -0.148. The second-order valence-corrected chi connectivity index (χ2v) is 5.13. The average Bonchev–Trinajstić information content (AvgIpc) is 2.83. The molecule has 1 rings (SSSR count). The molecular weight excluding hydrogens is 232 g/mol. The van der Waals surface area contributed by atoms with Crippen molar-refractivity contribution in [3.8, 4) is 0 Å². The van der Waals surface area contributed by atoms with E-state index in [-0.39, 0.29) is 18.6 Å². The Morgan fingerprint density at radius 3 is 2.22 bits per heavy atom. The van der Waals surface area contributed by atoms with Crippen LogP contribution in [0.5, 0.6) is 0 Å². The van der Waals surface area contributed by atoms with Crippen molar-refractivity contribution in [2.75, 3.05) is 6.54 Å². The van der Waals surface area contributed by atoms with Crippen molar-refractivity contribution >= 4 is 12.0 Å². The van der Waals surface area contributed by atoms with Crippen molar-refractivity contribution in [1.29, 1.82) is 0 Å². The first kappa shape index (κ1) is 14.8. The summed E-state index contributed by atoms with van der Waals surface area (Å²) in [7, 11) is 0. The van der Waals surface area contributed by atoms with Crippen LogP contribution in [0.2, 0.25) is 0 Å². The Morgan fingerprint density at radius 1 is 1.22 bits per heavy atom. The minimum absolute atomic E-state index is 0.161. The smallest absolute Gasteiger partial charge is 0.315 e. The summed E-state index contributed by atoms with van der Waals surface area (Å²) in [6.45, 7) is 4.27. The van der Waals surface area contributed by atoms with Crippen molar-refractivity contribution in [3.63, 3.8) is 0 Å². The largest absolute Gasteiger partial charge is 0.481 e. The molecule has 0 radical (unpaired) electrons. The third-order valence-corrected chi connectivity index (χ3v) is 3.92. The molecule has 18 heavy (non-hydrogen) atoms. The fourth-order valence-corrected chi connectivity index (χ4v) is 2.50. The molecule has 1 saturated carbocycles. The normalized spacial score (nSPS) is 17.7. The Balaban J connectivity index is 2.43. The SMILES string of the molecule is CCC(CC)NC(=O)NCC1(C(=O)O)CCCC1. The Hall–Kier alpha value is -1.26. The second kappa shape index (κ2) is 6.61. The van der Waals surface area contributed by atoms with Crippen molar-refractivity contribution < 1.29 is 14.7 Å². The first-order chi connectivity index (χ1) is 8.54. The molecule has 0 aromatic rings. The summed E-state index contributed by atoms with van der Waals surface area (Å²) in [5, 5.41) is 14.8. The molecule has 0 aromatic carbocycles.